The molecule has 0 spiro atoms. The fourth-order valence-electron chi connectivity index (χ4n) is 1.20. The van der Waals surface area contributed by atoms with Crippen LogP contribution in [0, 0.1) is 0 Å². The Morgan fingerprint density at radius 2 is 2.06 bits per heavy atom. The molecule has 94 valence electrons. The van der Waals surface area contributed by atoms with Gasteiger partial charge in [-0.05, 0) is 17.7 Å². The molecule has 1 N–H and O–H groups in total. The van der Waals surface area contributed by atoms with Gasteiger partial charge in [-0.2, -0.15) is 0 Å². The van der Waals surface area contributed by atoms with E-state index in [1.54, 1.807) is 32.3 Å². The number of aliphatic hydroxyl groups excluding tert-OH is 1. The summed E-state index contributed by atoms with van der Waals surface area (Å²) in [5.41, 5.74) is 0.707. The zero-order chi connectivity index (χ0) is 12.8. The standard InChI is InChI=1S/C12H17NO4/c1-13(2)12(15)8-17-11-6-9(7-14)4-5-10(11)16-3/h4-6,14H,7-8H2,1-3H3. The van der Waals surface area contributed by atoms with Gasteiger partial charge >= 0.3 is 0 Å². The molecule has 0 saturated heterocycles. The number of nitrogens with zero attached hydrogens (tertiary/aromatic N) is 1. The van der Waals surface area contributed by atoms with Gasteiger partial charge < -0.3 is 19.5 Å². The molecular formula is C12H17NO4. The molecule has 1 rings (SSSR count). The second kappa shape index (κ2) is 6.10. The molecule has 0 bridgehead atoms. The number of benzene rings is 1. The average Bonchev–Trinajstić information content (AvgIpc) is 2.35. The van der Waals surface area contributed by atoms with E-state index in [2.05, 4.69) is 0 Å². The number of amides is 1. The van der Waals surface area contributed by atoms with Crippen molar-refractivity contribution in [2.75, 3.05) is 27.8 Å². The van der Waals surface area contributed by atoms with E-state index in [1.165, 1.54) is 12.0 Å². The van der Waals surface area contributed by atoms with E-state index in [-0.39, 0.29) is 19.1 Å². The summed E-state index contributed by atoms with van der Waals surface area (Å²) >= 11 is 0. The van der Waals surface area contributed by atoms with Crippen molar-refractivity contribution >= 4 is 5.91 Å². The Morgan fingerprint density at radius 1 is 1.35 bits per heavy atom. The summed E-state index contributed by atoms with van der Waals surface area (Å²) < 4.78 is 10.5. The molecule has 17 heavy (non-hydrogen) atoms. The van der Waals surface area contributed by atoms with E-state index < -0.39 is 0 Å². The molecule has 5 nitrogen and oxygen atoms in total. The highest BCUT2D eigenvalue weighted by molar-refractivity contribution is 5.77. The minimum Gasteiger partial charge on any atom is -0.493 e. The zero-order valence-electron chi connectivity index (χ0n) is 10.3. The van der Waals surface area contributed by atoms with Gasteiger partial charge in [0.2, 0.25) is 0 Å². The molecule has 5 heteroatoms. The van der Waals surface area contributed by atoms with Crippen molar-refractivity contribution in [2.45, 2.75) is 6.61 Å². The van der Waals surface area contributed by atoms with Crippen molar-refractivity contribution in [3.8, 4) is 11.5 Å². The number of hydrogen-bond acceptors (Lipinski definition) is 4. The minimum atomic E-state index is -0.138. The lowest BCUT2D eigenvalue weighted by Crippen LogP contribution is -2.27. The van der Waals surface area contributed by atoms with Gasteiger partial charge in [-0.1, -0.05) is 6.07 Å². The van der Waals surface area contributed by atoms with Crippen LogP contribution in [0.5, 0.6) is 11.5 Å². The molecule has 0 unspecified atom stereocenters. The number of hydrogen-bond donors (Lipinski definition) is 1. The Hall–Kier alpha value is -1.75. The largest absolute Gasteiger partial charge is 0.493 e. The van der Waals surface area contributed by atoms with Crippen LogP contribution >= 0.6 is 0 Å². The third-order valence-electron chi connectivity index (χ3n) is 2.26. The summed E-state index contributed by atoms with van der Waals surface area (Å²) in [5.74, 6) is 0.851. The second-order valence-corrected chi connectivity index (χ2v) is 3.72. The molecule has 0 atom stereocenters. The Morgan fingerprint density at radius 3 is 2.59 bits per heavy atom. The maximum absolute atomic E-state index is 11.4. The molecule has 0 fully saturated rings. The maximum Gasteiger partial charge on any atom is 0.259 e. The van der Waals surface area contributed by atoms with E-state index in [1.807, 2.05) is 0 Å². The molecule has 0 aromatic heterocycles. The van der Waals surface area contributed by atoms with E-state index in [9.17, 15) is 4.79 Å². The second-order valence-electron chi connectivity index (χ2n) is 3.72. The van der Waals surface area contributed by atoms with Crippen molar-refractivity contribution in [2.24, 2.45) is 0 Å². The van der Waals surface area contributed by atoms with Crippen LogP contribution in [-0.4, -0.2) is 43.7 Å². The van der Waals surface area contributed by atoms with Gasteiger partial charge in [0, 0.05) is 14.1 Å². The summed E-state index contributed by atoms with van der Waals surface area (Å²) in [5, 5.41) is 9.02. The van der Waals surface area contributed by atoms with Gasteiger partial charge in [-0.3, -0.25) is 4.79 Å². The minimum absolute atomic E-state index is 0.0573. The normalized spacial score (nSPS) is 9.88. The van der Waals surface area contributed by atoms with Gasteiger partial charge in [0.25, 0.3) is 5.91 Å². The van der Waals surface area contributed by atoms with Crippen molar-refractivity contribution in [3.63, 3.8) is 0 Å². The summed E-state index contributed by atoms with van der Waals surface area (Å²) in [7, 11) is 4.84. The average molecular weight is 239 g/mol. The molecule has 0 aliphatic carbocycles. The lowest BCUT2D eigenvalue weighted by Gasteiger charge is -2.14. The van der Waals surface area contributed by atoms with E-state index in [0.29, 0.717) is 17.1 Å². The number of carbonyl (C=O) groups is 1. The zero-order valence-corrected chi connectivity index (χ0v) is 10.3. The quantitative estimate of drug-likeness (QED) is 0.819. The molecule has 0 aliphatic heterocycles. The van der Waals surface area contributed by atoms with E-state index in [0.717, 1.165) is 0 Å². The van der Waals surface area contributed by atoms with Gasteiger partial charge in [0.05, 0.1) is 13.7 Å². The summed E-state index contributed by atoms with van der Waals surface area (Å²) in [6.45, 7) is -0.139. The van der Waals surface area contributed by atoms with Crippen molar-refractivity contribution in [3.05, 3.63) is 23.8 Å². The lowest BCUT2D eigenvalue weighted by atomic mass is 10.2. The van der Waals surface area contributed by atoms with Crippen LogP contribution in [-0.2, 0) is 11.4 Å². The molecule has 1 amide bonds. The Kier molecular flexibility index (Phi) is 4.78. The van der Waals surface area contributed by atoms with E-state index >= 15 is 0 Å². The number of aliphatic hydroxyl groups is 1. The first-order chi connectivity index (χ1) is 8.08. The summed E-state index contributed by atoms with van der Waals surface area (Å²) in [4.78, 5) is 12.8. The highest BCUT2D eigenvalue weighted by Crippen LogP contribution is 2.28. The molecule has 1 aromatic rings. The summed E-state index contributed by atoms with van der Waals surface area (Å²) in [6.07, 6.45) is 0. The summed E-state index contributed by atoms with van der Waals surface area (Å²) in [6, 6.07) is 5.09. The van der Waals surface area contributed by atoms with Crippen LogP contribution in [0.3, 0.4) is 0 Å². The first kappa shape index (κ1) is 13.3. The third kappa shape index (κ3) is 3.64. The van der Waals surface area contributed by atoms with Gasteiger partial charge in [-0.15, -0.1) is 0 Å². The third-order valence-corrected chi connectivity index (χ3v) is 2.26. The van der Waals surface area contributed by atoms with Crippen LogP contribution in [0.25, 0.3) is 0 Å². The number of ether oxygens (including phenoxy) is 2. The van der Waals surface area contributed by atoms with Crippen LogP contribution in [0.4, 0.5) is 0 Å². The van der Waals surface area contributed by atoms with Crippen LogP contribution in [0.2, 0.25) is 0 Å². The maximum atomic E-state index is 11.4. The van der Waals surface area contributed by atoms with Crippen molar-refractivity contribution < 1.29 is 19.4 Å². The predicted molar refractivity (Wildman–Crippen MR) is 63.1 cm³/mol. The number of carbonyl (C=O) groups excluding carboxylic acids is 1. The number of rotatable bonds is 5. The monoisotopic (exact) mass is 239 g/mol. The lowest BCUT2D eigenvalue weighted by molar-refractivity contribution is -0.130. The van der Waals surface area contributed by atoms with E-state index in [4.69, 9.17) is 14.6 Å². The van der Waals surface area contributed by atoms with Crippen LogP contribution in [0.1, 0.15) is 5.56 Å². The SMILES string of the molecule is COc1ccc(CO)cc1OCC(=O)N(C)C. The number of methoxy groups -OCH3 is 1. The molecule has 0 aliphatic rings. The predicted octanol–water partition coefficient (Wildman–Crippen LogP) is 0.654. The molecule has 0 saturated carbocycles. The topological polar surface area (TPSA) is 59.0 Å². The van der Waals surface area contributed by atoms with Gasteiger partial charge in [0.1, 0.15) is 0 Å². The first-order valence-corrected chi connectivity index (χ1v) is 5.19. The van der Waals surface area contributed by atoms with Crippen molar-refractivity contribution in [1.29, 1.82) is 0 Å². The fourth-order valence-corrected chi connectivity index (χ4v) is 1.20. The van der Waals surface area contributed by atoms with Gasteiger partial charge in [0.15, 0.2) is 18.1 Å². The Balaban J connectivity index is 2.77. The fraction of sp³-hybridized carbons (Fsp3) is 0.417. The Bertz CT molecular complexity index is 390. The Labute approximate surface area is 101 Å². The molecule has 0 radical (unpaired) electrons. The highest BCUT2D eigenvalue weighted by Gasteiger charge is 2.09. The van der Waals surface area contributed by atoms with Crippen LogP contribution in [0.15, 0.2) is 18.2 Å². The first-order valence-electron chi connectivity index (χ1n) is 5.19. The smallest absolute Gasteiger partial charge is 0.259 e. The van der Waals surface area contributed by atoms with Crippen molar-refractivity contribution in [1.82, 2.24) is 4.90 Å². The van der Waals surface area contributed by atoms with Crippen LogP contribution < -0.4 is 9.47 Å². The molecule has 1 aromatic carbocycles. The molecule has 0 heterocycles. The molecular weight excluding hydrogens is 222 g/mol. The highest BCUT2D eigenvalue weighted by atomic mass is 16.5. The van der Waals surface area contributed by atoms with Gasteiger partial charge in [-0.25, -0.2) is 0 Å². The number of likely N-dealkylation sites (N-methyl/N-ethyl adjacent to an activating group) is 1.